The quantitative estimate of drug-likeness (QED) is 0.841. The SMILES string of the molecule is Cc1noc(C)c1-c1nccnc1CC1CCN(C(=O)CCC(=O)O)C1. The van der Waals surface area contributed by atoms with Gasteiger partial charge >= 0.3 is 5.97 Å². The van der Waals surface area contributed by atoms with E-state index in [-0.39, 0.29) is 24.7 Å². The summed E-state index contributed by atoms with van der Waals surface area (Å²) in [6.45, 7) is 5.01. The molecule has 1 amide bonds. The average Bonchev–Trinajstić information content (AvgIpc) is 3.20. The zero-order valence-electron chi connectivity index (χ0n) is 14.9. The van der Waals surface area contributed by atoms with E-state index >= 15 is 0 Å². The van der Waals surface area contributed by atoms with Crippen LogP contribution in [0.5, 0.6) is 0 Å². The number of likely N-dealkylation sites (tertiary alicyclic amines) is 1. The number of hydrogen-bond acceptors (Lipinski definition) is 6. The van der Waals surface area contributed by atoms with Crippen LogP contribution < -0.4 is 0 Å². The van der Waals surface area contributed by atoms with E-state index in [2.05, 4.69) is 15.1 Å². The molecule has 2 aromatic rings. The van der Waals surface area contributed by atoms with Crippen molar-refractivity contribution in [2.45, 2.75) is 39.5 Å². The summed E-state index contributed by atoms with van der Waals surface area (Å²) in [5.41, 5.74) is 3.30. The highest BCUT2D eigenvalue weighted by Gasteiger charge is 2.28. The number of rotatable bonds is 6. The summed E-state index contributed by atoms with van der Waals surface area (Å²) in [5, 5.41) is 12.7. The van der Waals surface area contributed by atoms with Gasteiger partial charge in [0, 0.05) is 31.9 Å². The molecule has 1 N–H and O–H groups in total. The molecule has 1 atom stereocenters. The first-order valence-electron chi connectivity index (χ1n) is 8.68. The molecule has 0 spiro atoms. The number of carbonyl (C=O) groups is 2. The Bertz CT molecular complexity index is 798. The maximum absolute atomic E-state index is 12.1. The molecule has 1 aliphatic heterocycles. The lowest BCUT2D eigenvalue weighted by molar-refractivity contribution is -0.140. The number of aryl methyl sites for hydroxylation is 2. The van der Waals surface area contributed by atoms with E-state index < -0.39 is 5.97 Å². The van der Waals surface area contributed by atoms with Gasteiger partial charge in [-0.05, 0) is 32.6 Å². The molecule has 1 saturated heterocycles. The van der Waals surface area contributed by atoms with Crippen molar-refractivity contribution >= 4 is 11.9 Å². The van der Waals surface area contributed by atoms with Gasteiger partial charge in [0.2, 0.25) is 5.91 Å². The van der Waals surface area contributed by atoms with Crippen molar-refractivity contribution in [2.75, 3.05) is 13.1 Å². The van der Waals surface area contributed by atoms with Crippen molar-refractivity contribution in [3.63, 3.8) is 0 Å². The van der Waals surface area contributed by atoms with Crippen molar-refractivity contribution in [1.82, 2.24) is 20.0 Å². The lowest BCUT2D eigenvalue weighted by atomic mass is 9.98. The zero-order chi connectivity index (χ0) is 18.7. The fourth-order valence-corrected chi connectivity index (χ4v) is 3.42. The van der Waals surface area contributed by atoms with E-state index in [4.69, 9.17) is 9.63 Å². The Kier molecular flexibility index (Phi) is 5.29. The van der Waals surface area contributed by atoms with Crippen LogP contribution in [0, 0.1) is 19.8 Å². The molecule has 26 heavy (non-hydrogen) atoms. The fraction of sp³-hybridized carbons (Fsp3) is 0.500. The van der Waals surface area contributed by atoms with Crippen LogP contribution in [-0.2, 0) is 16.0 Å². The number of carbonyl (C=O) groups excluding carboxylic acids is 1. The minimum atomic E-state index is -0.947. The summed E-state index contributed by atoms with van der Waals surface area (Å²) in [6, 6.07) is 0. The molecule has 138 valence electrons. The monoisotopic (exact) mass is 358 g/mol. The van der Waals surface area contributed by atoms with Gasteiger partial charge in [0.05, 0.1) is 29.1 Å². The van der Waals surface area contributed by atoms with Crippen LogP contribution in [0.4, 0.5) is 0 Å². The second-order valence-corrected chi connectivity index (χ2v) is 6.64. The number of amides is 1. The molecule has 8 heteroatoms. The molecule has 1 fully saturated rings. The molecule has 0 bridgehead atoms. The van der Waals surface area contributed by atoms with Crippen molar-refractivity contribution in [3.05, 3.63) is 29.5 Å². The summed E-state index contributed by atoms with van der Waals surface area (Å²) in [4.78, 5) is 33.5. The summed E-state index contributed by atoms with van der Waals surface area (Å²) in [5.74, 6) is -0.0569. The highest BCUT2D eigenvalue weighted by molar-refractivity contribution is 5.80. The topological polar surface area (TPSA) is 109 Å². The first kappa shape index (κ1) is 18.0. The number of carboxylic acid groups (broad SMARTS) is 1. The van der Waals surface area contributed by atoms with Gasteiger partial charge in [0.25, 0.3) is 0 Å². The standard InChI is InChI=1S/C18H22N4O4/c1-11-17(12(2)26-21-11)18-14(19-6-7-20-18)9-13-5-8-22(10-13)15(23)3-4-16(24)25/h6-7,13H,3-5,8-10H2,1-2H3,(H,24,25). The van der Waals surface area contributed by atoms with Gasteiger partial charge in [-0.2, -0.15) is 0 Å². The number of aromatic nitrogens is 3. The second kappa shape index (κ2) is 7.63. The van der Waals surface area contributed by atoms with Gasteiger partial charge in [-0.15, -0.1) is 0 Å². The number of aliphatic carboxylic acids is 1. The maximum Gasteiger partial charge on any atom is 0.303 e. The molecule has 1 unspecified atom stereocenters. The van der Waals surface area contributed by atoms with Crippen LogP contribution in [0.2, 0.25) is 0 Å². The highest BCUT2D eigenvalue weighted by atomic mass is 16.5. The summed E-state index contributed by atoms with van der Waals surface area (Å²) >= 11 is 0. The lowest BCUT2D eigenvalue weighted by Gasteiger charge is -2.16. The highest BCUT2D eigenvalue weighted by Crippen LogP contribution is 2.30. The molecule has 8 nitrogen and oxygen atoms in total. The fourth-order valence-electron chi connectivity index (χ4n) is 3.42. The van der Waals surface area contributed by atoms with Crippen LogP contribution in [0.25, 0.3) is 11.3 Å². The van der Waals surface area contributed by atoms with Gasteiger partial charge < -0.3 is 14.5 Å². The molecule has 0 saturated carbocycles. The van der Waals surface area contributed by atoms with E-state index in [1.807, 2.05) is 13.8 Å². The Morgan fingerprint density at radius 2 is 2.04 bits per heavy atom. The molecule has 2 aromatic heterocycles. The third-order valence-electron chi connectivity index (χ3n) is 4.72. The Morgan fingerprint density at radius 3 is 2.73 bits per heavy atom. The molecule has 0 radical (unpaired) electrons. The minimum absolute atomic E-state index is 0.0531. The normalized spacial score (nSPS) is 16.8. The summed E-state index contributed by atoms with van der Waals surface area (Å²) < 4.78 is 5.25. The van der Waals surface area contributed by atoms with E-state index in [9.17, 15) is 9.59 Å². The molecule has 1 aliphatic rings. The van der Waals surface area contributed by atoms with Crippen LogP contribution in [0.15, 0.2) is 16.9 Å². The van der Waals surface area contributed by atoms with Crippen molar-refractivity contribution in [3.8, 4) is 11.3 Å². The predicted octanol–water partition coefficient (Wildman–Crippen LogP) is 2.00. The van der Waals surface area contributed by atoms with Gasteiger partial charge in [0.15, 0.2) is 0 Å². The first-order valence-corrected chi connectivity index (χ1v) is 8.68. The Balaban J connectivity index is 1.69. The van der Waals surface area contributed by atoms with Crippen LogP contribution in [0.1, 0.15) is 36.4 Å². The molecular weight excluding hydrogens is 336 g/mol. The summed E-state index contributed by atoms with van der Waals surface area (Å²) in [6.07, 6.45) is 4.83. The Hall–Kier alpha value is -2.77. The van der Waals surface area contributed by atoms with Crippen molar-refractivity contribution < 1.29 is 19.2 Å². The van der Waals surface area contributed by atoms with Crippen LogP contribution >= 0.6 is 0 Å². The van der Waals surface area contributed by atoms with Crippen molar-refractivity contribution in [1.29, 1.82) is 0 Å². The minimum Gasteiger partial charge on any atom is -0.481 e. The second-order valence-electron chi connectivity index (χ2n) is 6.64. The Morgan fingerprint density at radius 1 is 1.27 bits per heavy atom. The van der Waals surface area contributed by atoms with E-state index in [1.165, 1.54) is 0 Å². The third kappa shape index (κ3) is 3.89. The van der Waals surface area contributed by atoms with Gasteiger partial charge in [-0.1, -0.05) is 5.16 Å². The molecular formula is C18H22N4O4. The third-order valence-corrected chi connectivity index (χ3v) is 4.72. The summed E-state index contributed by atoms with van der Waals surface area (Å²) in [7, 11) is 0. The van der Waals surface area contributed by atoms with E-state index in [0.717, 1.165) is 29.1 Å². The largest absolute Gasteiger partial charge is 0.481 e. The smallest absolute Gasteiger partial charge is 0.303 e. The maximum atomic E-state index is 12.1. The predicted molar refractivity (Wildman–Crippen MR) is 92.3 cm³/mol. The number of nitrogens with zero attached hydrogens (tertiary/aromatic N) is 4. The van der Waals surface area contributed by atoms with Gasteiger partial charge in [-0.25, -0.2) is 0 Å². The van der Waals surface area contributed by atoms with Crippen molar-refractivity contribution in [2.24, 2.45) is 5.92 Å². The molecule has 0 aromatic carbocycles. The zero-order valence-corrected chi connectivity index (χ0v) is 14.9. The molecule has 0 aliphatic carbocycles. The Labute approximate surface area is 151 Å². The first-order chi connectivity index (χ1) is 12.5. The lowest BCUT2D eigenvalue weighted by Crippen LogP contribution is -2.29. The van der Waals surface area contributed by atoms with Gasteiger partial charge in [0.1, 0.15) is 5.76 Å². The number of hydrogen-bond donors (Lipinski definition) is 1. The van der Waals surface area contributed by atoms with Crippen LogP contribution in [0.3, 0.4) is 0 Å². The van der Waals surface area contributed by atoms with E-state index in [1.54, 1.807) is 17.3 Å². The van der Waals surface area contributed by atoms with E-state index in [0.29, 0.717) is 25.3 Å². The molecule has 3 rings (SSSR count). The molecule has 3 heterocycles. The number of carboxylic acids is 1. The average molecular weight is 358 g/mol. The van der Waals surface area contributed by atoms with Crippen LogP contribution in [-0.4, -0.2) is 50.1 Å². The van der Waals surface area contributed by atoms with Gasteiger partial charge in [-0.3, -0.25) is 19.6 Å².